The Morgan fingerprint density at radius 2 is 1.70 bits per heavy atom. The lowest BCUT2D eigenvalue weighted by Gasteiger charge is -2.15. The quantitative estimate of drug-likeness (QED) is 0.898. The van der Waals surface area contributed by atoms with Crippen molar-refractivity contribution in [2.24, 2.45) is 0 Å². The lowest BCUT2D eigenvalue weighted by Crippen LogP contribution is -2.31. The van der Waals surface area contributed by atoms with Crippen LogP contribution in [0.3, 0.4) is 0 Å². The van der Waals surface area contributed by atoms with Gasteiger partial charge in [0.05, 0.1) is 0 Å². The molecule has 20 heavy (non-hydrogen) atoms. The van der Waals surface area contributed by atoms with Gasteiger partial charge in [-0.15, -0.1) is 0 Å². The topological polar surface area (TPSA) is 41.1 Å². The molecule has 1 unspecified atom stereocenters. The molecule has 0 aliphatic rings. The highest BCUT2D eigenvalue weighted by atomic mass is 19.1. The van der Waals surface area contributed by atoms with Crippen LogP contribution >= 0.6 is 0 Å². The van der Waals surface area contributed by atoms with Crippen LogP contribution in [0, 0.1) is 11.6 Å². The lowest BCUT2D eigenvalue weighted by molar-refractivity contribution is -0.116. The molecule has 0 aliphatic carbocycles. The molecule has 2 rings (SSSR count). The minimum atomic E-state index is -0.554. The third kappa shape index (κ3) is 3.78. The first kappa shape index (κ1) is 14.0. The van der Waals surface area contributed by atoms with E-state index in [1.54, 1.807) is 19.1 Å². The highest BCUT2D eigenvalue weighted by Crippen LogP contribution is 2.12. The first-order valence-electron chi connectivity index (χ1n) is 6.13. The van der Waals surface area contributed by atoms with Crippen molar-refractivity contribution in [2.45, 2.75) is 13.0 Å². The maximum atomic E-state index is 13.0. The fourth-order valence-corrected chi connectivity index (χ4v) is 1.68. The molecule has 104 valence electrons. The lowest BCUT2D eigenvalue weighted by atomic mass is 10.2. The van der Waals surface area contributed by atoms with Crippen molar-refractivity contribution >= 4 is 17.3 Å². The van der Waals surface area contributed by atoms with Crippen LogP contribution in [0.5, 0.6) is 0 Å². The Morgan fingerprint density at radius 3 is 2.35 bits per heavy atom. The Kier molecular flexibility index (Phi) is 4.30. The van der Waals surface area contributed by atoms with Crippen LogP contribution in [0.25, 0.3) is 0 Å². The molecule has 0 saturated heterocycles. The molecule has 0 saturated carbocycles. The molecule has 0 heterocycles. The van der Waals surface area contributed by atoms with E-state index in [2.05, 4.69) is 10.6 Å². The van der Waals surface area contributed by atoms with Crippen molar-refractivity contribution < 1.29 is 13.6 Å². The molecule has 1 amide bonds. The minimum absolute atomic E-state index is 0.291. The van der Waals surface area contributed by atoms with Crippen molar-refractivity contribution in [3.05, 3.63) is 60.2 Å². The van der Waals surface area contributed by atoms with Gasteiger partial charge in [-0.25, -0.2) is 8.78 Å². The summed E-state index contributed by atoms with van der Waals surface area (Å²) in [6.45, 7) is 1.66. The van der Waals surface area contributed by atoms with E-state index in [9.17, 15) is 13.6 Å². The summed E-state index contributed by atoms with van der Waals surface area (Å²) in [5.41, 5.74) is 1.02. The van der Waals surface area contributed by atoms with Crippen LogP contribution in [-0.4, -0.2) is 11.9 Å². The van der Waals surface area contributed by atoms with Gasteiger partial charge >= 0.3 is 0 Å². The zero-order valence-corrected chi connectivity index (χ0v) is 10.9. The number of hydrogen-bond donors (Lipinski definition) is 2. The number of carbonyl (C=O) groups excluding carboxylic acids is 1. The van der Waals surface area contributed by atoms with Crippen molar-refractivity contribution in [3.63, 3.8) is 0 Å². The van der Waals surface area contributed by atoms with Crippen LogP contribution in [0.4, 0.5) is 20.2 Å². The first-order chi connectivity index (χ1) is 9.54. The predicted molar refractivity (Wildman–Crippen MR) is 74.5 cm³/mol. The van der Waals surface area contributed by atoms with Gasteiger partial charge in [0, 0.05) is 11.4 Å². The van der Waals surface area contributed by atoms with Crippen LogP contribution in [0.15, 0.2) is 48.5 Å². The summed E-state index contributed by atoms with van der Waals surface area (Å²) >= 11 is 0. The SMILES string of the molecule is CC(Nc1cccc(F)c1)C(=O)Nc1ccc(F)cc1. The Labute approximate surface area is 115 Å². The third-order valence-corrected chi connectivity index (χ3v) is 2.71. The number of halogens is 2. The molecule has 2 aromatic carbocycles. The fraction of sp³-hybridized carbons (Fsp3) is 0.133. The highest BCUT2D eigenvalue weighted by molar-refractivity contribution is 5.96. The van der Waals surface area contributed by atoms with Crippen LogP contribution in [-0.2, 0) is 4.79 Å². The second-order valence-corrected chi connectivity index (χ2v) is 4.37. The zero-order chi connectivity index (χ0) is 14.5. The second-order valence-electron chi connectivity index (χ2n) is 4.37. The van der Waals surface area contributed by atoms with Crippen molar-refractivity contribution in [1.29, 1.82) is 0 Å². The number of nitrogens with one attached hydrogen (secondary N) is 2. The van der Waals surface area contributed by atoms with Crippen molar-refractivity contribution in [2.75, 3.05) is 10.6 Å². The van der Waals surface area contributed by atoms with Gasteiger partial charge < -0.3 is 10.6 Å². The second kappa shape index (κ2) is 6.14. The Balaban J connectivity index is 1.96. The van der Waals surface area contributed by atoms with Gasteiger partial charge in [0.25, 0.3) is 0 Å². The smallest absolute Gasteiger partial charge is 0.246 e. The van der Waals surface area contributed by atoms with Gasteiger partial charge in [0.1, 0.15) is 17.7 Å². The van der Waals surface area contributed by atoms with Gasteiger partial charge in [0.2, 0.25) is 5.91 Å². The Bertz CT molecular complexity index is 599. The first-order valence-corrected chi connectivity index (χ1v) is 6.13. The van der Waals surface area contributed by atoms with E-state index in [1.807, 2.05) is 0 Å². The molecular formula is C15H14F2N2O. The maximum Gasteiger partial charge on any atom is 0.246 e. The molecule has 0 spiro atoms. The third-order valence-electron chi connectivity index (χ3n) is 2.71. The molecule has 2 aromatic rings. The van der Waals surface area contributed by atoms with E-state index >= 15 is 0 Å². The molecule has 2 N–H and O–H groups in total. The normalized spacial score (nSPS) is 11.8. The molecule has 3 nitrogen and oxygen atoms in total. The van der Waals surface area contributed by atoms with E-state index < -0.39 is 6.04 Å². The minimum Gasteiger partial charge on any atom is -0.374 e. The standard InChI is InChI=1S/C15H14F2N2O/c1-10(18-14-4-2-3-12(17)9-14)15(20)19-13-7-5-11(16)6-8-13/h2-10,18H,1H3,(H,19,20). The number of hydrogen-bond acceptors (Lipinski definition) is 2. The monoisotopic (exact) mass is 276 g/mol. The highest BCUT2D eigenvalue weighted by Gasteiger charge is 2.12. The largest absolute Gasteiger partial charge is 0.374 e. The summed E-state index contributed by atoms with van der Waals surface area (Å²) in [6.07, 6.45) is 0. The number of carbonyl (C=O) groups is 1. The van der Waals surface area contributed by atoms with Crippen LogP contribution < -0.4 is 10.6 Å². The summed E-state index contributed by atoms with van der Waals surface area (Å²) in [4.78, 5) is 11.9. The number of amides is 1. The average molecular weight is 276 g/mol. The van der Waals surface area contributed by atoms with Crippen LogP contribution in [0.1, 0.15) is 6.92 Å². The van der Waals surface area contributed by atoms with Gasteiger partial charge in [-0.3, -0.25) is 4.79 Å². The molecule has 5 heteroatoms. The summed E-state index contributed by atoms with van der Waals surface area (Å²) in [7, 11) is 0. The zero-order valence-electron chi connectivity index (χ0n) is 10.9. The van der Waals surface area contributed by atoms with Crippen LogP contribution in [0.2, 0.25) is 0 Å². The molecule has 0 radical (unpaired) electrons. The van der Waals surface area contributed by atoms with E-state index in [0.29, 0.717) is 11.4 Å². The van der Waals surface area contributed by atoms with E-state index in [1.165, 1.54) is 36.4 Å². The van der Waals surface area contributed by atoms with Crippen molar-refractivity contribution in [3.8, 4) is 0 Å². The van der Waals surface area contributed by atoms with Crippen molar-refractivity contribution in [1.82, 2.24) is 0 Å². The number of benzene rings is 2. The number of anilines is 2. The van der Waals surface area contributed by atoms with Gasteiger partial charge in [0.15, 0.2) is 0 Å². The van der Waals surface area contributed by atoms with Gasteiger partial charge in [-0.05, 0) is 49.4 Å². The molecule has 0 fully saturated rings. The summed E-state index contributed by atoms with van der Waals surface area (Å²) in [5.74, 6) is -1.03. The molecule has 0 aromatic heterocycles. The summed E-state index contributed by atoms with van der Waals surface area (Å²) in [5, 5.41) is 5.53. The number of rotatable bonds is 4. The molecular weight excluding hydrogens is 262 g/mol. The molecule has 1 atom stereocenters. The summed E-state index contributed by atoms with van der Waals surface area (Å²) < 4.78 is 25.8. The van der Waals surface area contributed by atoms with Gasteiger partial charge in [-0.1, -0.05) is 6.07 Å². The Morgan fingerprint density at radius 1 is 1.00 bits per heavy atom. The predicted octanol–water partition coefficient (Wildman–Crippen LogP) is 3.40. The fourth-order valence-electron chi connectivity index (χ4n) is 1.68. The van der Waals surface area contributed by atoms with E-state index in [0.717, 1.165) is 0 Å². The van der Waals surface area contributed by atoms with E-state index in [-0.39, 0.29) is 17.5 Å². The molecule has 0 aliphatic heterocycles. The Hall–Kier alpha value is -2.43. The summed E-state index contributed by atoms with van der Waals surface area (Å²) in [6, 6.07) is 10.8. The van der Waals surface area contributed by atoms with E-state index in [4.69, 9.17) is 0 Å². The van der Waals surface area contributed by atoms with Gasteiger partial charge in [-0.2, -0.15) is 0 Å². The molecule has 0 bridgehead atoms. The average Bonchev–Trinajstić information content (AvgIpc) is 2.41. The maximum absolute atomic E-state index is 13.0.